The van der Waals surface area contributed by atoms with Gasteiger partial charge in [0.2, 0.25) is 5.91 Å². The zero-order chi connectivity index (χ0) is 8.65. The Morgan fingerprint density at radius 3 is 2.27 bits per heavy atom. The molecule has 0 radical (unpaired) electrons. The molecule has 1 amide bonds. The summed E-state index contributed by atoms with van der Waals surface area (Å²) in [5.74, 6) is 0.743. The Morgan fingerprint density at radius 1 is 1.55 bits per heavy atom. The van der Waals surface area contributed by atoms with E-state index in [1.807, 2.05) is 4.90 Å². The van der Waals surface area contributed by atoms with E-state index in [9.17, 15) is 4.79 Å². The fourth-order valence-corrected chi connectivity index (χ4v) is 1.15. The topological polar surface area (TPSA) is 32.3 Å². The van der Waals surface area contributed by atoms with Crippen LogP contribution in [0.2, 0.25) is 0 Å². The van der Waals surface area contributed by atoms with Gasteiger partial charge in [0.15, 0.2) is 0 Å². The van der Waals surface area contributed by atoms with Crippen LogP contribution in [0.4, 0.5) is 0 Å². The molecule has 1 aliphatic heterocycles. The van der Waals surface area contributed by atoms with Crippen LogP contribution in [0.15, 0.2) is 12.4 Å². The predicted octanol–water partition coefficient (Wildman–Crippen LogP) is 0.688. The zero-order valence-corrected chi connectivity index (χ0v) is 7.27. The third kappa shape index (κ3) is 1.53. The van der Waals surface area contributed by atoms with Crippen molar-refractivity contribution in [2.24, 2.45) is 0 Å². The molecule has 1 rings (SSSR count). The SMILES string of the molecule is C=C1NC(=O)CN1C(C)(C)C. The van der Waals surface area contributed by atoms with Gasteiger partial charge in [0.25, 0.3) is 0 Å². The summed E-state index contributed by atoms with van der Waals surface area (Å²) in [5.41, 5.74) is -0.0176. The second kappa shape index (κ2) is 2.26. The normalized spacial score (nSPS) is 19.0. The highest BCUT2D eigenvalue weighted by atomic mass is 16.2. The first-order valence-electron chi connectivity index (χ1n) is 3.67. The van der Waals surface area contributed by atoms with Gasteiger partial charge in [-0.25, -0.2) is 0 Å². The van der Waals surface area contributed by atoms with Gasteiger partial charge in [0.05, 0.1) is 6.54 Å². The van der Waals surface area contributed by atoms with Crippen molar-refractivity contribution in [3.8, 4) is 0 Å². The van der Waals surface area contributed by atoms with Gasteiger partial charge in [-0.1, -0.05) is 6.58 Å². The predicted molar refractivity (Wildman–Crippen MR) is 43.7 cm³/mol. The van der Waals surface area contributed by atoms with Crippen LogP contribution in [0.3, 0.4) is 0 Å². The number of hydrogen-bond donors (Lipinski definition) is 1. The second-order valence-electron chi connectivity index (χ2n) is 3.75. The van der Waals surface area contributed by atoms with E-state index in [1.165, 1.54) is 0 Å². The molecule has 0 aromatic carbocycles. The van der Waals surface area contributed by atoms with Gasteiger partial charge < -0.3 is 10.2 Å². The highest BCUT2D eigenvalue weighted by molar-refractivity contribution is 5.82. The minimum atomic E-state index is -0.0176. The average Bonchev–Trinajstić information content (AvgIpc) is 2.08. The summed E-state index contributed by atoms with van der Waals surface area (Å²) in [6.07, 6.45) is 0. The summed E-state index contributed by atoms with van der Waals surface area (Å²) in [7, 11) is 0. The number of rotatable bonds is 0. The number of carbonyl (C=O) groups is 1. The van der Waals surface area contributed by atoms with Gasteiger partial charge in [0.1, 0.15) is 5.82 Å². The largest absolute Gasteiger partial charge is 0.344 e. The third-order valence-corrected chi connectivity index (χ3v) is 1.72. The van der Waals surface area contributed by atoms with Gasteiger partial charge in [-0.2, -0.15) is 0 Å². The van der Waals surface area contributed by atoms with Gasteiger partial charge in [0, 0.05) is 5.54 Å². The minimum Gasteiger partial charge on any atom is -0.344 e. The maximum Gasteiger partial charge on any atom is 0.245 e. The number of amides is 1. The minimum absolute atomic E-state index is 0.0176. The molecule has 0 bridgehead atoms. The number of nitrogens with zero attached hydrogens (tertiary/aromatic N) is 1. The van der Waals surface area contributed by atoms with Gasteiger partial charge in [-0.3, -0.25) is 4.79 Å². The van der Waals surface area contributed by atoms with E-state index in [4.69, 9.17) is 0 Å². The molecule has 1 N–H and O–H groups in total. The summed E-state index contributed by atoms with van der Waals surface area (Å²) < 4.78 is 0. The van der Waals surface area contributed by atoms with Crippen molar-refractivity contribution in [3.63, 3.8) is 0 Å². The summed E-state index contributed by atoms with van der Waals surface area (Å²) in [5, 5.41) is 2.67. The van der Waals surface area contributed by atoms with Gasteiger partial charge >= 0.3 is 0 Å². The lowest BCUT2D eigenvalue weighted by atomic mass is 10.1. The summed E-state index contributed by atoms with van der Waals surface area (Å²) in [6.45, 7) is 10.3. The van der Waals surface area contributed by atoms with Crippen LogP contribution >= 0.6 is 0 Å². The lowest BCUT2D eigenvalue weighted by Crippen LogP contribution is -2.38. The van der Waals surface area contributed by atoms with Gasteiger partial charge in [-0.05, 0) is 20.8 Å². The molecule has 0 unspecified atom stereocenters. The fraction of sp³-hybridized carbons (Fsp3) is 0.625. The third-order valence-electron chi connectivity index (χ3n) is 1.72. The van der Waals surface area contributed by atoms with E-state index in [-0.39, 0.29) is 11.4 Å². The van der Waals surface area contributed by atoms with Crippen molar-refractivity contribution in [1.82, 2.24) is 10.2 Å². The molecule has 1 aliphatic rings. The maximum absolute atomic E-state index is 10.9. The Hall–Kier alpha value is -0.990. The van der Waals surface area contributed by atoms with Crippen LogP contribution in [0, 0.1) is 0 Å². The number of carbonyl (C=O) groups excluding carboxylic acids is 1. The van der Waals surface area contributed by atoms with Gasteiger partial charge in [-0.15, -0.1) is 0 Å². The first-order chi connectivity index (χ1) is 4.91. The number of hydrogen-bond acceptors (Lipinski definition) is 2. The fourth-order valence-electron chi connectivity index (χ4n) is 1.15. The monoisotopic (exact) mass is 154 g/mol. The van der Waals surface area contributed by atoms with Crippen molar-refractivity contribution < 1.29 is 4.79 Å². The van der Waals surface area contributed by atoms with E-state index in [2.05, 4.69) is 32.7 Å². The summed E-state index contributed by atoms with van der Waals surface area (Å²) in [4.78, 5) is 12.9. The van der Waals surface area contributed by atoms with Crippen LogP contribution < -0.4 is 5.32 Å². The summed E-state index contributed by atoms with van der Waals surface area (Å²) >= 11 is 0. The molecule has 0 aliphatic carbocycles. The Balaban J connectivity index is 2.76. The van der Waals surface area contributed by atoms with E-state index >= 15 is 0 Å². The van der Waals surface area contributed by atoms with Crippen molar-refractivity contribution in [1.29, 1.82) is 0 Å². The van der Waals surface area contributed by atoms with Crippen molar-refractivity contribution in [2.75, 3.05) is 6.54 Å². The second-order valence-corrected chi connectivity index (χ2v) is 3.75. The Labute approximate surface area is 67.1 Å². The molecule has 0 atom stereocenters. The van der Waals surface area contributed by atoms with E-state index < -0.39 is 0 Å². The smallest absolute Gasteiger partial charge is 0.245 e. The van der Waals surface area contributed by atoms with Crippen molar-refractivity contribution in [3.05, 3.63) is 12.4 Å². The first kappa shape index (κ1) is 8.11. The van der Waals surface area contributed by atoms with Crippen LogP contribution in [0.1, 0.15) is 20.8 Å². The highest BCUT2D eigenvalue weighted by Crippen LogP contribution is 2.19. The molecule has 1 fully saturated rings. The standard InChI is InChI=1S/C8H14N2O/c1-6-9-7(11)5-10(6)8(2,3)4/h1,5H2,2-4H3,(H,9,11). The molecule has 1 heterocycles. The zero-order valence-electron chi connectivity index (χ0n) is 7.27. The Morgan fingerprint density at radius 2 is 2.09 bits per heavy atom. The molecule has 0 spiro atoms. The molecule has 1 saturated heterocycles. The van der Waals surface area contributed by atoms with Crippen LogP contribution in [-0.2, 0) is 4.79 Å². The Kier molecular flexibility index (Phi) is 1.66. The quantitative estimate of drug-likeness (QED) is 0.556. The van der Waals surface area contributed by atoms with Crippen LogP contribution in [0.5, 0.6) is 0 Å². The van der Waals surface area contributed by atoms with E-state index in [0.29, 0.717) is 12.4 Å². The Bertz CT molecular complexity index is 203. The van der Waals surface area contributed by atoms with Crippen LogP contribution in [-0.4, -0.2) is 22.9 Å². The molecule has 0 aromatic rings. The molecule has 0 saturated carbocycles. The first-order valence-corrected chi connectivity index (χ1v) is 3.67. The van der Waals surface area contributed by atoms with Crippen molar-refractivity contribution in [2.45, 2.75) is 26.3 Å². The van der Waals surface area contributed by atoms with E-state index in [0.717, 1.165) is 0 Å². The molecule has 62 valence electrons. The highest BCUT2D eigenvalue weighted by Gasteiger charge is 2.30. The lowest BCUT2D eigenvalue weighted by Gasteiger charge is -2.32. The van der Waals surface area contributed by atoms with Crippen molar-refractivity contribution >= 4 is 5.91 Å². The lowest BCUT2D eigenvalue weighted by molar-refractivity contribution is -0.118. The molecule has 11 heavy (non-hydrogen) atoms. The average molecular weight is 154 g/mol. The molecular weight excluding hydrogens is 140 g/mol. The molecular formula is C8H14N2O. The maximum atomic E-state index is 10.9. The molecule has 0 aromatic heterocycles. The number of nitrogens with one attached hydrogen (secondary N) is 1. The van der Waals surface area contributed by atoms with Crippen LogP contribution in [0.25, 0.3) is 0 Å². The van der Waals surface area contributed by atoms with E-state index in [1.54, 1.807) is 0 Å². The molecule has 3 heteroatoms. The summed E-state index contributed by atoms with van der Waals surface area (Å²) in [6, 6.07) is 0. The molecule has 3 nitrogen and oxygen atoms in total.